The molecule has 2 amide bonds. The second-order valence-corrected chi connectivity index (χ2v) is 11.8. The summed E-state index contributed by atoms with van der Waals surface area (Å²) in [4.78, 5) is 27.9. The van der Waals surface area contributed by atoms with Crippen LogP contribution in [0.25, 0.3) is 0 Å². The fourth-order valence-corrected chi connectivity index (χ4v) is 5.53. The molecule has 0 saturated heterocycles. The Morgan fingerprint density at radius 1 is 1.08 bits per heavy atom. The highest BCUT2D eigenvalue weighted by atomic mass is 35.5. The van der Waals surface area contributed by atoms with Gasteiger partial charge in [0, 0.05) is 12.6 Å². The van der Waals surface area contributed by atoms with Crippen LogP contribution in [0.4, 0.5) is 18.9 Å². The van der Waals surface area contributed by atoms with Gasteiger partial charge in [0.15, 0.2) is 0 Å². The topological polar surface area (TPSA) is 86.8 Å². The van der Waals surface area contributed by atoms with Gasteiger partial charge < -0.3 is 10.2 Å². The van der Waals surface area contributed by atoms with Crippen LogP contribution in [0.2, 0.25) is 5.02 Å². The second-order valence-electron chi connectivity index (χ2n) is 9.46. The number of rotatable bonds is 9. The van der Waals surface area contributed by atoms with Crippen LogP contribution in [0.5, 0.6) is 0 Å². The van der Waals surface area contributed by atoms with Crippen molar-refractivity contribution in [2.24, 2.45) is 0 Å². The monoisotopic (exact) mass is 573 g/mol. The first-order chi connectivity index (χ1) is 17.8. The van der Waals surface area contributed by atoms with E-state index in [2.05, 4.69) is 5.32 Å². The van der Waals surface area contributed by atoms with E-state index in [9.17, 15) is 31.2 Å². The molecule has 0 aliphatic heterocycles. The first-order valence-corrected chi connectivity index (χ1v) is 14.5. The van der Waals surface area contributed by atoms with Gasteiger partial charge >= 0.3 is 6.18 Å². The van der Waals surface area contributed by atoms with Crippen molar-refractivity contribution < 1.29 is 31.2 Å². The lowest BCUT2D eigenvalue weighted by molar-refractivity contribution is -0.139. The lowest BCUT2D eigenvalue weighted by Crippen LogP contribution is -2.53. The smallest absolute Gasteiger partial charge is 0.352 e. The molecule has 1 saturated carbocycles. The van der Waals surface area contributed by atoms with Crippen molar-refractivity contribution in [3.05, 3.63) is 64.7 Å². The van der Waals surface area contributed by atoms with Gasteiger partial charge in [-0.25, -0.2) is 8.42 Å². The molecule has 0 bridgehead atoms. The van der Waals surface area contributed by atoms with Crippen molar-refractivity contribution in [3.63, 3.8) is 0 Å². The first-order valence-electron chi connectivity index (χ1n) is 12.3. The highest BCUT2D eigenvalue weighted by molar-refractivity contribution is 7.92. The number of alkyl halides is 3. The Kier molecular flexibility index (Phi) is 9.69. The van der Waals surface area contributed by atoms with E-state index in [1.54, 1.807) is 37.3 Å². The van der Waals surface area contributed by atoms with Crippen molar-refractivity contribution in [3.8, 4) is 0 Å². The molecule has 2 aromatic carbocycles. The number of hydrogen-bond acceptors (Lipinski definition) is 4. The van der Waals surface area contributed by atoms with Gasteiger partial charge in [0.05, 0.1) is 22.5 Å². The van der Waals surface area contributed by atoms with Crippen molar-refractivity contribution in [1.29, 1.82) is 0 Å². The summed E-state index contributed by atoms with van der Waals surface area (Å²) in [6.45, 7) is 0.696. The molecule has 1 aliphatic carbocycles. The van der Waals surface area contributed by atoms with E-state index in [0.717, 1.165) is 50.5 Å². The summed E-state index contributed by atoms with van der Waals surface area (Å²) < 4.78 is 65.9. The van der Waals surface area contributed by atoms with Crippen LogP contribution in [0.3, 0.4) is 0 Å². The number of benzene rings is 2. The standard InChI is InChI=1S/C26H31ClF3N3O4S/c1-18(25(35)31-21-11-7-4-8-12-21)32(16-19-9-5-3-6-10-19)24(34)17-33(38(2,36)37)23-15-20(26(28,29)30)13-14-22(23)27/h3,5-6,9-10,13-15,18,21H,4,7-8,11-12,16-17H2,1-2H3,(H,31,35). The van der Waals surface area contributed by atoms with Crippen LogP contribution in [0, 0.1) is 0 Å². The lowest BCUT2D eigenvalue weighted by Gasteiger charge is -2.33. The van der Waals surface area contributed by atoms with Crippen molar-refractivity contribution in [2.45, 2.75) is 63.8 Å². The van der Waals surface area contributed by atoms with Crippen LogP contribution in [0.1, 0.15) is 50.2 Å². The van der Waals surface area contributed by atoms with Gasteiger partial charge in [-0.3, -0.25) is 13.9 Å². The van der Waals surface area contributed by atoms with Gasteiger partial charge in [-0.15, -0.1) is 0 Å². The van der Waals surface area contributed by atoms with E-state index >= 15 is 0 Å². The average molecular weight is 574 g/mol. The summed E-state index contributed by atoms with van der Waals surface area (Å²) in [5, 5.41) is 2.71. The number of nitrogens with one attached hydrogen (secondary N) is 1. The van der Waals surface area contributed by atoms with E-state index in [1.165, 1.54) is 4.90 Å². The fraction of sp³-hybridized carbons (Fsp3) is 0.462. The van der Waals surface area contributed by atoms with E-state index in [4.69, 9.17) is 11.6 Å². The zero-order valence-electron chi connectivity index (χ0n) is 21.2. The average Bonchev–Trinajstić information content (AvgIpc) is 2.85. The third-order valence-electron chi connectivity index (χ3n) is 6.54. The van der Waals surface area contributed by atoms with Gasteiger partial charge in [-0.2, -0.15) is 13.2 Å². The molecule has 208 valence electrons. The quantitative estimate of drug-likeness (QED) is 0.458. The van der Waals surface area contributed by atoms with Crippen LogP contribution >= 0.6 is 11.6 Å². The predicted octanol–water partition coefficient (Wildman–Crippen LogP) is 4.99. The Morgan fingerprint density at radius 2 is 1.71 bits per heavy atom. The van der Waals surface area contributed by atoms with Crippen molar-refractivity contribution in [1.82, 2.24) is 10.2 Å². The number of carbonyl (C=O) groups is 2. The second kappa shape index (κ2) is 12.4. The number of nitrogens with zero attached hydrogens (tertiary/aromatic N) is 2. The molecule has 1 aliphatic rings. The Balaban J connectivity index is 1.92. The normalized spacial score (nSPS) is 15.5. The molecule has 12 heteroatoms. The van der Waals surface area contributed by atoms with Gasteiger partial charge in [0.2, 0.25) is 21.8 Å². The summed E-state index contributed by atoms with van der Waals surface area (Å²) >= 11 is 6.10. The molecule has 2 aromatic rings. The molecule has 0 aromatic heterocycles. The molecular weight excluding hydrogens is 543 g/mol. The van der Waals surface area contributed by atoms with Crippen LogP contribution < -0.4 is 9.62 Å². The van der Waals surface area contributed by atoms with Crippen molar-refractivity contribution in [2.75, 3.05) is 17.1 Å². The van der Waals surface area contributed by atoms with Gasteiger partial charge in [-0.05, 0) is 43.5 Å². The molecule has 1 atom stereocenters. The molecule has 0 heterocycles. The Bertz CT molecular complexity index is 1240. The SMILES string of the molecule is CC(C(=O)NC1CCCCC1)N(Cc1ccccc1)C(=O)CN(c1cc(C(F)(F)F)ccc1Cl)S(C)(=O)=O. The summed E-state index contributed by atoms with van der Waals surface area (Å²) in [7, 11) is -4.24. The molecule has 3 rings (SSSR count). The van der Waals surface area contributed by atoms with Crippen molar-refractivity contribution >= 4 is 39.1 Å². The zero-order valence-corrected chi connectivity index (χ0v) is 22.7. The maximum absolute atomic E-state index is 13.6. The Morgan fingerprint density at radius 3 is 2.29 bits per heavy atom. The van der Waals surface area contributed by atoms with Gasteiger partial charge in [0.25, 0.3) is 0 Å². The lowest BCUT2D eigenvalue weighted by atomic mass is 9.95. The molecule has 1 N–H and O–H groups in total. The van der Waals surface area contributed by atoms with E-state index in [-0.39, 0.29) is 23.5 Å². The van der Waals surface area contributed by atoms with E-state index in [1.807, 2.05) is 0 Å². The predicted molar refractivity (Wildman–Crippen MR) is 140 cm³/mol. The molecule has 0 radical (unpaired) electrons. The first kappa shape index (κ1) is 29.8. The van der Waals surface area contributed by atoms with Crippen LogP contribution in [-0.4, -0.2) is 50.0 Å². The number of sulfonamides is 1. The minimum Gasteiger partial charge on any atom is -0.352 e. The van der Waals surface area contributed by atoms with Crippen LogP contribution in [-0.2, 0) is 32.3 Å². The largest absolute Gasteiger partial charge is 0.416 e. The Hall–Kier alpha value is -2.79. The molecule has 38 heavy (non-hydrogen) atoms. The summed E-state index contributed by atoms with van der Waals surface area (Å²) in [6.07, 6.45) is 0.775. The number of carbonyl (C=O) groups excluding carboxylic acids is 2. The zero-order chi connectivity index (χ0) is 28.1. The highest BCUT2D eigenvalue weighted by Crippen LogP contribution is 2.36. The Labute approximate surface area is 226 Å². The third kappa shape index (κ3) is 7.86. The fourth-order valence-electron chi connectivity index (χ4n) is 4.41. The molecule has 0 spiro atoms. The number of halogens is 4. The van der Waals surface area contributed by atoms with E-state index in [0.29, 0.717) is 15.9 Å². The van der Waals surface area contributed by atoms with Gasteiger partial charge in [0.1, 0.15) is 12.6 Å². The molecular formula is C26H31ClF3N3O4S. The molecule has 7 nitrogen and oxygen atoms in total. The van der Waals surface area contributed by atoms with Crippen LogP contribution in [0.15, 0.2) is 48.5 Å². The minimum atomic E-state index is -4.75. The number of amides is 2. The minimum absolute atomic E-state index is 0.00709. The molecule has 1 fully saturated rings. The van der Waals surface area contributed by atoms with E-state index < -0.39 is 45.9 Å². The maximum Gasteiger partial charge on any atom is 0.416 e. The maximum atomic E-state index is 13.6. The third-order valence-corrected chi connectivity index (χ3v) is 7.98. The molecule has 1 unspecified atom stereocenters. The number of hydrogen-bond donors (Lipinski definition) is 1. The summed E-state index contributed by atoms with van der Waals surface area (Å²) in [6, 6.07) is 10.1. The summed E-state index contributed by atoms with van der Waals surface area (Å²) in [5.41, 5.74) is -0.892. The van der Waals surface area contributed by atoms with Gasteiger partial charge in [-0.1, -0.05) is 61.2 Å². The summed E-state index contributed by atoms with van der Waals surface area (Å²) in [5.74, 6) is -1.15. The number of anilines is 1. The highest BCUT2D eigenvalue weighted by Gasteiger charge is 2.35.